The number of carbonyl (C=O) groups is 2. The van der Waals surface area contributed by atoms with Crippen LogP contribution in [0.25, 0.3) is 16.9 Å². The molecular weight excluding hydrogens is 394 g/mol. The summed E-state index contributed by atoms with van der Waals surface area (Å²) in [6.45, 7) is 1.74. The highest BCUT2D eigenvalue weighted by molar-refractivity contribution is 5.97. The minimum Gasteiger partial charge on any atom is -0.467 e. The molecule has 1 unspecified atom stereocenters. The Kier molecular flexibility index (Phi) is 5.93. The quantitative estimate of drug-likeness (QED) is 0.461. The Hall–Kier alpha value is -4.13. The third-order valence-corrected chi connectivity index (χ3v) is 4.67. The molecule has 0 radical (unpaired) electrons. The Balaban J connectivity index is 1.55. The van der Waals surface area contributed by atoms with E-state index in [-0.39, 0.29) is 12.1 Å². The van der Waals surface area contributed by atoms with E-state index in [4.69, 9.17) is 9.15 Å². The minimum absolute atomic E-state index is 0.217. The molecule has 0 aliphatic rings. The number of ether oxygens (including phenoxy) is 1. The number of amides is 1. The van der Waals surface area contributed by atoms with Gasteiger partial charge in [0.05, 0.1) is 18.5 Å². The van der Waals surface area contributed by atoms with Crippen molar-refractivity contribution < 1.29 is 18.7 Å². The zero-order chi connectivity index (χ0) is 21.6. The highest BCUT2D eigenvalue weighted by atomic mass is 16.5. The smallest absolute Gasteiger partial charge is 0.342 e. The highest BCUT2D eigenvalue weighted by Gasteiger charge is 2.24. The molecule has 0 fully saturated rings. The lowest BCUT2D eigenvalue weighted by Gasteiger charge is -2.13. The van der Waals surface area contributed by atoms with Crippen molar-refractivity contribution in [2.24, 2.45) is 0 Å². The molecule has 0 saturated carbocycles. The van der Waals surface area contributed by atoms with Gasteiger partial charge in [0, 0.05) is 11.8 Å². The zero-order valence-electron chi connectivity index (χ0n) is 16.9. The average Bonchev–Trinajstić information content (AvgIpc) is 3.49. The Morgan fingerprint density at radius 3 is 2.42 bits per heavy atom. The molecular formula is C24H21N3O4. The lowest BCUT2D eigenvalue weighted by atomic mass is 10.1. The van der Waals surface area contributed by atoms with Crippen molar-refractivity contribution in [2.45, 2.75) is 19.6 Å². The van der Waals surface area contributed by atoms with Gasteiger partial charge in [-0.1, -0.05) is 48.5 Å². The largest absolute Gasteiger partial charge is 0.467 e. The van der Waals surface area contributed by atoms with Crippen LogP contribution in [-0.4, -0.2) is 27.8 Å². The second-order valence-corrected chi connectivity index (χ2v) is 6.88. The number of aromatic nitrogens is 2. The van der Waals surface area contributed by atoms with E-state index in [0.29, 0.717) is 11.5 Å². The number of carbonyl (C=O) groups excluding carboxylic acids is 2. The predicted molar refractivity (Wildman–Crippen MR) is 114 cm³/mol. The first-order chi connectivity index (χ1) is 15.1. The van der Waals surface area contributed by atoms with Gasteiger partial charge in [0.25, 0.3) is 5.91 Å². The van der Waals surface area contributed by atoms with Crippen molar-refractivity contribution in [2.75, 3.05) is 0 Å². The lowest BCUT2D eigenvalue weighted by Crippen LogP contribution is -2.35. The molecule has 4 rings (SSSR count). The summed E-state index contributed by atoms with van der Waals surface area (Å²) >= 11 is 0. The number of benzene rings is 2. The van der Waals surface area contributed by atoms with Crippen LogP contribution in [0, 0.1) is 0 Å². The van der Waals surface area contributed by atoms with E-state index in [1.807, 2.05) is 60.7 Å². The lowest BCUT2D eigenvalue weighted by molar-refractivity contribution is -0.129. The molecule has 0 aliphatic heterocycles. The van der Waals surface area contributed by atoms with Gasteiger partial charge in [-0.2, -0.15) is 5.10 Å². The predicted octanol–water partition coefficient (Wildman–Crippen LogP) is 3.99. The van der Waals surface area contributed by atoms with Crippen LogP contribution < -0.4 is 5.32 Å². The number of hydrogen-bond acceptors (Lipinski definition) is 5. The standard InChI is InChI=1S/C24H21N3O4/c1-17(23(28)25-15-20-13-8-14-30-20)31-24(29)21-16-27(19-11-6-3-7-12-19)26-22(21)18-9-4-2-5-10-18/h2-14,16-17H,15H2,1H3,(H,25,28). The molecule has 1 N–H and O–H groups in total. The summed E-state index contributed by atoms with van der Waals surface area (Å²) in [7, 11) is 0. The fourth-order valence-electron chi connectivity index (χ4n) is 3.05. The number of hydrogen-bond donors (Lipinski definition) is 1. The molecule has 2 aromatic heterocycles. The van der Waals surface area contributed by atoms with Crippen molar-refractivity contribution >= 4 is 11.9 Å². The Morgan fingerprint density at radius 2 is 1.74 bits per heavy atom. The maximum absolute atomic E-state index is 13.0. The molecule has 4 aromatic rings. The number of furan rings is 1. The van der Waals surface area contributed by atoms with Crippen LogP contribution in [0.3, 0.4) is 0 Å². The SMILES string of the molecule is CC(OC(=O)c1cn(-c2ccccc2)nc1-c1ccccc1)C(=O)NCc1ccco1. The van der Waals surface area contributed by atoms with E-state index in [9.17, 15) is 9.59 Å². The maximum atomic E-state index is 13.0. The Labute approximate surface area is 179 Å². The number of nitrogens with zero attached hydrogens (tertiary/aromatic N) is 2. The number of rotatable bonds is 7. The van der Waals surface area contributed by atoms with Gasteiger partial charge in [0.15, 0.2) is 6.10 Å². The van der Waals surface area contributed by atoms with Crippen LogP contribution in [-0.2, 0) is 16.1 Å². The molecule has 2 heterocycles. The summed E-state index contributed by atoms with van der Waals surface area (Å²) < 4.78 is 12.3. The number of nitrogens with one attached hydrogen (secondary N) is 1. The van der Waals surface area contributed by atoms with Gasteiger partial charge in [-0.3, -0.25) is 4.79 Å². The molecule has 1 amide bonds. The van der Waals surface area contributed by atoms with Gasteiger partial charge in [0.2, 0.25) is 0 Å². The molecule has 1 atom stereocenters. The van der Waals surface area contributed by atoms with E-state index < -0.39 is 18.0 Å². The Morgan fingerprint density at radius 1 is 1.03 bits per heavy atom. The first kappa shape index (κ1) is 20.2. The van der Waals surface area contributed by atoms with Crippen LogP contribution in [0.5, 0.6) is 0 Å². The zero-order valence-corrected chi connectivity index (χ0v) is 16.9. The summed E-state index contributed by atoms with van der Waals surface area (Å²) in [5.74, 6) is -0.425. The third kappa shape index (κ3) is 4.72. The van der Waals surface area contributed by atoms with Crippen molar-refractivity contribution in [3.63, 3.8) is 0 Å². The second kappa shape index (κ2) is 9.13. The summed E-state index contributed by atoms with van der Waals surface area (Å²) in [6, 6.07) is 22.3. The van der Waals surface area contributed by atoms with Gasteiger partial charge in [-0.05, 0) is 31.2 Å². The summed E-state index contributed by atoms with van der Waals surface area (Å²) in [5.41, 5.74) is 2.35. The van der Waals surface area contributed by atoms with Crippen molar-refractivity contribution in [3.05, 3.63) is 96.6 Å². The van der Waals surface area contributed by atoms with E-state index in [1.54, 1.807) is 23.0 Å². The highest BCUT2D eigenvalue weighted by Crippen LogP contribution is 2.24. The van der Waals surface area contributed by atoms with E-state index in [1.165, 1.54) is 13.2 Å². The summed E-state index contributed by atoms with van der Waals surface area (Å²) in [5, 5.41) is 7.29. The van der Waals surface area contributed by atoms with Gasteiger partial charge in [0.1, 0.15) is 17.0 Å². The minimum atomic E-state index is -0.980. The van der Waals surface area contributed by atoms with Crippen molar-refractivity contribution in [1.29, 1.82) is 0 Å². The van der Waals surface area contributed by atoms with Crippen molar-refractivity contribution in [3.8, 4) is 16.9 Å². The normalized spacial score (nSPS) is 11.6. The fourth-order valence-corrected chi connectivity index (χ4v) is 3.05. The molecule has 7 heteroatoms. The molecule has 156 valence electrons. The molecule has 2 aromatic carbocycles. The van der Waals surface area contributed by atoms with Gasteiger partial charge in [-0.25, -0.2) is 9.48 Å². The molecule has 0 saturated heterocycles. The van der Waals surface area contributed by atoms with Gasteiger partial charge >= 0.3 is 5.97 Å². The number of esters is 1. The average molecular weight is 415 g/mol. The van der Waals surface area contributed by atoms with Crippen LogP contribution in [0.4, 0.5) is 0 Å². The Bertz CT molecular complexity index is 1150. The monoisotopic (exact) mass is 415 g/mol. The first-order valence-electron chi connectivity index (χ1n) is 9.83. The molecule has 7 nitrogen and oxygen atoms in total. The van der Waals surface area contributed by atoms with Crippen LogP contribution in [0.2, 0.25) is 0 Å². The third-order valence-electron chi connectivity index (χ3n) is 4.67. The van der Waals surface area contributed by atoms with Gasteiger partial charge < -0.3 is 14.5 Å². The molecule has 31 heavy (non-hydrogen) atoms. The molecule has 0 bridgehead atoms. The van der Waals surface area contributed by atoms with Crippen molar-refractivity contribution in [1.82, 2.24) is 15.1 Å². The topological polar surface area (TPSA) is 86.4 Å². The van der Waals surface area contributed by atoms with Crippen LogP contribution in [0.1, 0.15) is 23.0 Å². The van der Waals surface area contributed by atoms with Crippen LogP contribution >= 0.6 is 0 Å². The first-order valence-corrected chi connectivity index (χ1v) is 9.83. The van der Waals surface area contributed by atoms with E-state index in [0.717, 1.165) is 11.3 Å². The molecule has 0 aliphatic carbocycles. The fraction of sp³-hybridized carbons (Fsp3) is 0.125. The summed E-state index contributed by atoms with van der Waals surface area (Å²) in [4.78, 5) is 25.3. The maximum Gasteiger partial charge on any atom is 0.342 e. The second-order valence-electron chi connectivity index (χ2n) is 6.88. The van der Waals surface area contributed by atoms with E-state index in [2.05, 4.69) is 10.4 Å². The number of para-hydroxylation sites is 1. The van der Waals surface area contributed by atoms with Gasteiger partial charge in [-0.15, -0.1) is 0 Å². The summed E-state index contributed by atoms with van der Waals surface area (Å²) in [6.07, 6.45) is 2.17. The van der Waals surface area contributed by atoms with Crippen LogP contribution in [0.15, 0.2) is 89.7 Å². The molecule has 0 spiro atoms. The van der Waals surface area contributed by atoms with E-state index >= 15 is 0 Å².